The summed E-state index contributed by atoms with van der Waals surface area (Å²) in [7, 11) is 0. The third kappa shape index (κ3) is 10.7. The van der Waals surface area contributed by atoms with Gasteiger partial charge in [-0.1, -0.05) is 0 Å². The molecule has 0 saturated carbocycles. The summed E-state index contributed by atoms with van der Waals surface area (Å²) in [5.74, 6) is 0. The predicted molar refractivity (Wildman–Crippen MR) is 19.1 cm³/mol. The molecule has 0 fully saturated rings. The minimum atomic E-state index is -1.21. The number of carbonyl (C=O) groups excluding carboxylic acids is 1. The van der Waals surface area contributed by atoms with Gasteiger partial charge in [-0.25, -0.2) is 0 Å². The Balaban J connectivity index is 0. The standard InChI is InChI=1S/C3H7NO2.Na/c1-2-4-3(5)6;/h4H,2H2,1H3,(H,5,6);/q;+1/p-1. The second-order valence-corrected chi connectivity index (χ2v) is 0.818. The van der Waals surface area contributed by atoms with E-state index in [0.717, 1.165) is 0 Å². The molecule has 1 amide bonds. The third-order valence-corrected chi connectivity index (χ3v) is 0.321. The summed E-state index contributed by atoms with van der Waals surface area (Å²) in [5.41, 5.74) is 0. The molecule has 0 aromatic heterocycles. The number of carboxylic acid groups (broad SMARTS) is 1. The normalized spacial score (nSPS) is 6.43. The number of hydrogen-bond donors (Lipinski definition) is 1. The third-order valence-electron chi connectivity index (χ3n) is 0.321. The van der Waals surface area contributed by atoms with Gasteiger partial charge in [-0.05, 0) is 6.92 Å². The predicted octanol–water partition coefficient (Wildman–Crippen LogP) is -4.06. The number of amides is 1. The first-order chi connectivity index (χ1) is 2.77. The van der Waals surface area contributed by atoms with Gasteiger partial charge in [0.25, 0.3) is 0 Å². The Labute approximate surface area is 64.4 Å². The number of nitrogens with one attached hydrogen (secondary N) is 1. The summed E-state index contributed by atoms with van der Waals surface area (Å²) in [6.45, 7) is 2.11. The zero-order valence-electron chi connectivity index (χ0n) is 4.52. The summed E-state index contributed by atoms with van der Waals surface area (Å²) in [6, 6.07) is 0. The number of carbonyl (C=O) groups is 1. The van der Waals surface area contributed by atoms with Crippen LogP contribution in [-0.2, 0) is 0 Å². The van der Waals surface area contributed by atoms with Crippen LogP contribution in [0.4, 0.5) is 4.79 Å². The van der Waals surface area contributed by atoms with Crippen LogP contribution in [0.5, 0.6) is 0 Å². The van der Waals surface area contributed by atoms with Gasteiger partial charge < -0.3 is 15.2 Å². The molecule has 0 unspecified atom stereocenters. The Kier molecular flexibility index (Phi) is 9.22. The van der Waals surface area contributed by atoms with Crippen LogP contribution >= 0.6 is 0 Å². The van der Waals surface area contributed by atoms with E-state index in [1.165, 1.54) is 0 Å². The van der Waals surface area contributed by atoms with E-state index in [4.69, 9.17) is 0 Å². The molecular weight excluding hydrogens is 105 g/mol. The smallest absolute Gasteiger partial charge is 0.530 e. The van der Waals surface area contributed by atoms with Crippen molar-refractivity contribution in [2.75, 3.05) is 6.54 Å². The molecule has 0 rings (SSSR count). The van der Waals surface area contributed by atoms with E-state index < -0.39 is 6.09 Å². The molecule has 3 nitrogen and oxygen atoms in total. The molecule has 0 radical (unpaired) electrons. The van der Waals surface area contributed by atoms with Crippen LogP contribution in [-0.4, -0.2) is 12.6 Å². The van der Waals surface area contributed by atoms with Crippen molar-refractivity contribution >= 4 is 6.09 Å². The largest absolute Gasteiger partial charge is 1.00 e. The summed E-state index contributed by atoms with van der Waals surface area (Å²) >= 11 is 0. The molecule has 36 valence electrons. The topological polar surface area (TPSA) is 52.2 Å². The molecule has 0 spiro atoms. The van der Waals surface area contributed by atoms with E-state index in [1.807, 2.05) is 5.32 Å². The van der Waals surface area contributed by atoms with E-state index in [2.05, 4.69) is 0 Å². The van der Waals surface area contributed by atoms with Crippen LogP contribution in [0, 0.1) is 0 Å². The molecule has 0 aliphatic heterocycles. The average Bonchev–Trinajstić information content (AvgIpc) is 1.35. The summed E-state index contributed by atoms with van der Waals surface area (Å²) < 4.78 is 0. The average molecular weight is 111 g/mol. The molecule has 0 aliphatic rings. The molecule has 0 aromatic carbocycles. The van der Waals surface area contributed by atoms with Gasteiger partial charge in [-0.15, -0.1) is 0 Å². The minimum absolute atomic E-state index is 0. The Morgan fingerprint density at radius 3 is 2.29 bits per heavy atom. The van der Waals surface area contributed by atoms with Crippen molar-refractivity contribution in [3.63, 3.8) is 0 Å². The van der Waals surface area contributed by atoms with E-state index in [-0.39, 0.29) is 29.6 Å². The molecule has 0 aliphatic carbocycles. The molecule has 1 N–H and O–H groups in total. The fourth-order valence-electron chi connectivity index (χ4n) is 0.144. The van der Waals surface area contributed by atoms with Gasteiger partial charge in [-0.3, -0.25) is 0 Å². The SMILES string of the molecule is CCNC(=O)[O-].[Na+]. The molecule has 0 aromatic rings. The summed E-state index contributed by atoms with van der Waals surface area (Å²) in [4.78, 5) is 9.38. The van der Waals surface area contributed by atoms with Crippen molar-refractivity contribution in [3.05, 3.63) is 0 Å². The van der Waals surface area contributed by atoms with Crippen LogP contribution in [0.25, 0.3) is 0 Å². The van der Waals surface area contributed by atoms with Gasteiger partial charge in [0, 0.05) is 6.54 Å². The fraction of sp³-hybridized carbons (Fsp3) is 0.667. The van der Waals surface area contributed by atoms with Crippen molar-refractivity contribution in [1.29, 1.82) is 0 Å². The van der Waals surface area contributed by atoms with Crippen LogP contribution in [0.3, 0.4) is 0 Å². The first-order valence-electron chi connectivity index (χ1n) is 1.72. The first kappa shape index (κ1) is 10.3. The Morgan fingerprint density at radius 2 is 2.29 bits per heavy atom. The van der Waals surface area contributed by atoms with Crippen molar-refractivity contribution in [3.8, 4) is 0 Å². The molecular formula is C3H6NNaO2. The van der Waals surface area contributed by atoms with Crippen LogP contribution in [0.15, 0.2) is 0 Å². The molecule has 0 atom stereocenters. The van der Waals surface area contributed by atoms with E-state index in [0.29, 0.717) is 6.54 Å². The van der Waals surface area contributed by atoms with Gasteiger partial charge in [0.2, 0.25) is 0 Å². The van der Waals surface area contributed by atoms with E-state index in [1.54, 1.807) is 6.92 Å². The van der Waals surface area contributed by atoms with Crippen LogP contribution in [0.2, 0.25) is 0 Å². The molecule has 0 saturated heterocycles. The summed E-state index contributed by atoms with van der Waals surface area (Å²) in [6.07, 6.45) is -1.21. The van der Waals surface area contributed by atoms with Crippen molar-refractivity contribution in [2.24, 2.45) is 0 Å². The van der Waals surface area contributed by atoms with Crippen LogP contribution in [0.1, 0.15) is 6.92 Å². The first-order valence-corrected chi connectivity index (χ1v) is 1.72. The second-order valence-electron chi connectivity index (χ2n) is 0.818. The molecule has 7 heavy (non-hydrogen) atoms. The monoisotopic (exact) mass is 111 g/mol. The van der Waals surface area contributed by atoms with Gasteiger partial charge in [-0.2, -0.15) is 0 Å². The van der Waals surface area contributed by atoms with Crippen molar-refractivity contribution in [1.82, 2.24) is 5.32 Å². The second kappa shape index (κ2) is 6.27. The number of rotatable bonds is 1. The van der Waals surface area contributed by atoms with Crippen molar-refractivity contribution < 1.29 is 39.5 Å². The maximum atomic E-state index is 9.38. The maximum absolute atomic E-state index is 9.38. The van der Waals surface area contributed by atoms with Gasteiger partial charge in [0.15, 0.2) is 0 Å². The van der Waals surface area contributed by atoms with Crippen LogP contribution < -0.4 is 40.0 Å². The summed E-state index contributed by atoms with van der Waals surface area (Å²) in [5, 5.41) is 11.4. The van der Waals surface area contributed by atoms with Gasteiger partial charge in [0.05, 0.1) is 0 Å². The van der Waals surface area contributed by atoms with Crippen molar-refractivity contribution in [2.45, 2.75) is 6.92 Å². The van der Waals surface area contributed by atoms with Gasteiger partial charge in [0.1, 0.15) is 6.09 Å². The Bertz CT molecular complexity index is 56.9. The van der Waals surface area contributed by atoms with E-state index in [9.17, 15) is 9.90 Å². The zero-order valence-corrected chi connectivity index (χ0v) is 6.52. The Morgan fingerprint density at radius 1 is 1.86 bits per heavy atom. The quantitative estimate of drug-likeness (QED) is 0.350. The zero-order chi connectivity index (χ0) is 4.99. The maximum Gasteiger partial charge on any atom is 1.00 e. The fourth-order valence-corrected chi connectivity index (χ4v) is 0.144. The Hall–Kier alpha value is 0.270. The number of hydrogen-bond acceptors (Lipinski definition) is 2. The molecule has 0 heterocycles. The molecule has 0 bridgehead atoms. The van der Waals surface area contributed by atoms with E-state index >= 15 is 0 Å². The van der Waals surface area contributed by atoms with Gasteiger partial charge >= 0.3 is 29.6 Å². The minimum Gasteiger partial charge on any atom is -0.530 e. The molecule has 4 heteroatoms.